The van der Waals surface area contributed by atoms with Crippen molar-refractivity contribution in [1.29, 1.82) is 0 Å². The van der Waals surface area contributed by atoms with Crippen molar-refractivity contribution < 1.29 is 0 Å². The average Bonchev–Trinajstić information content (AvgIpc) is 0.879. The Bertz CT molecular complexity index is 3630. The minimum Gasteiger partial charge on any atom is -0.310 e. The third-order valence-electron chi connectivity index (χ3n) is 17.3. The molecule has 430 valence electrons. The van der Waals surface area contributed by atoms with Crippen LogP contribution in [0.3, 0.4) is 0 Å². The smallest absolute Gasteiger partial charge is 0.249 e. The van der Waals surface area contributed by atoms with Crippen molar-refractivity contribution in [2.45, 2.75) is 219 Å². The van der Waals surface area contributed by atoms with Gasteiger partial charge in [0.1, 0.15) is 0 Å². The lowest BCUT2D eigenvalue weighted by Gasteiger charge is -2.42. The summed E-state index contributed by atoms with van der Waals surface area (Å²) in [6, 6.07) is 53.2. The predicted octanol–water partition coefficient (Wildman–Crippen LogP) is 20.3. The van der Waals surface area contributed by atoms with Gasteiger partial charge in [0.2, 0.25) is 6.71 Å². The van der Waals surface area contributed by atoms with Gasteiger partial charge in [-0.25, -0.2) is 0 Å². The number of rotatable bonds is 5. The molecule has 0 spiro atoms. The van der Waals surface area contributed by atoms with Crippen LogP contribution in [0.5, 0.6) is 0 Å². The van der Waals surface area contributed by atoms with Gasteiger partial charge in [0.25, 0.3) is 0 Å². The molecule has 0 atom stereocenters. The Balaban J connectivity index is 1.33. The Morgan fingerprint density at radius 3 is 1.07 bits per heavy atom. The minimum absolute atomic E-state index is 0.00796. The van der Waals surface area contributed by atoms with Gasteiger partial charge in [-0.05, 0) is 137 Å². The lowest BCUT2D eigenvalue weighted by Crippen LogP contribution is -2.59. The second kappa shape index (κ2) is 20.2. The van der Waals surface area contributed by atoms with Gasteiger partial charge in [0.05, 0.1) is 5.69 Å². The molecule has 0 bridgehead atoms. The molecular weight excluding hydrogens is 1020 g/mol. The van der Waals surface area contributed by atoms with Gasteiger partial charge >= 0.3 is 0 Å². The van der Waals surface area contributed by atoms with Crippen molar-refractivity contribution in [2.75, 3.05) is 4.90 Å². The van der Waals surface area contributed by atoms with Crippen molar-refractivity contribution in [2.24, 2.45) is 0 Å². The van der Waals surface area contributed by atoms with E-state index in [0.29, 0.717) is 0 Å². The maximum atomic E-state index is 5.46. The number of nitrogens with zero attached hydrogens (tertiary/aromatic N) is 3. The van der Waals surface area contributed by atoms with Gasteiger partial charge in [-0.2, -0.15) is 0 Å². The summed E-state index contributed by atoms with van der Waals surface area (Å²) in [5.74, 6) is 0. The predicted molar refractivity (Wildman–Crippen MR) is 363 cm³/mol. The number of benzene rings is 6. The topological polar surface area (TPSA) is 29.0 Å². The number of aromatic nitrogens is 2. The highest BCUT2D eigenvalue weighted by molar-refractivity contribution is 8.00. The van der Waals surface area contributed by atoms with Crippen LogP contribution in [-0.2, 0) is 43.3 Å². The highest BCUT2D eigenvalue weighted by Gasteiger charge is 2.43. The number of hydrogen-bond acceptors (Lipinski definition) is 4. The lowest BCUT2D eigenvalue weighted by atomic mass is 9.34. The van der Waals surface area contributed by atoms with Crippen LogP contribution in [0.15, 0.2) is 143 Å². The van der Waals surface area contributed by atoms with E-state index in [4.69, 9.17) is 9.97 Å². The lowest BCUT2D eigenvalue weighted by molar-refractivity contribution is 0.531. The van der Waals surface area contributed by atoms with Crippen LogP contribution in [0, 0.1) is 0 Å². The molecule has 2 aliphatic heterocycles. The first-order valence-electron chi connectivity index (χ1n) is 30.6. The first-order valence-corrected chi connectivity index (χ1v) is 31.4. The molecule has 5 heteroatoms. The second-order valence-electron chi connectivity index (χ2n) is 32.6. The Hall–Kier alpha value is -6.17. The summed E-state index contributed by atoms with van der Waals surface area (Å²) < 4.78 is 0. The summed E-state index contributed by atoms with van der Waals surface area (Å²) >= 11 is 1.93. The van der Waals surface area contributed by atoms with Crippen LogP contribution in [0.1, 0.15) is 211 Å². The molecule has 4 heterocycles. The largest absolute Gasteiger partial charge is 0.310 e. The van der Waals surface area contributed by atoms with Gasteiger partial charge in [-0.3, -0.25) is 9.97 Å². The van der Waals surface area contributed by atoms with Crippen molar-refractivity contribution in [1.82, 2.24) is 9.97 Å². The molecule has 0 unspecified atom stereocenters. The quantitative estimate of drug-likeness (QED) is 0.161. The molecule has 8 aromatic rings. The van der Waals surface area contributed by atoms with Crippen LogP contribution in [0.4, 0.5) is 17.1 Å². The zero-order valence-corrected chi connectivity index (χ0v) is 55.8. The Morgan fingerprint density at radius 1 is 0.313 bits per heavy atom. The third-order valence-corrected chi connectivity index (χ3v) is 18.5. The third kappa shape index (κ3) is 11.7. The van der Waals surface area contributed by atoms with E-state index in [2.05, 4.69) is 305 Å². The van der Waals surface area contributed by atoms with E-state index >= 15 is 0 Å². The summed E-state index contributed by atoms with van der Waals surface area (Å²) in [7, 11) is 0. The summed E-state index contributed by atoms with van der Waals surface area (Å²) in [6.07, 6.45) is 0. The monoisotopic (exact) mass is 1120 g/mol. The molecule has 0 saturated heterocycles. The minimum atomic E-state index is -0.192. The van der Waals surface area contributed by atoms with Gasteiger partial charge in [0, 0.05) is 76.7 Å². The van der Waals surface area contributed by atoms with E-state index in [0.717, 1.165) is 28.5 Å². The van der Waals surface area contributed by atoms with Crippen molar-refractivity contribution in [3.05, 3.63) is 178 Å². The average molecular weight is 1120 g/mol. The van der Waals surface area contributed by atoms with E-state index < -0.39 is 0 Å². The molecule has 83 heavy (non-hydrogen) atoms. The van der Waals surface area contributed by atoms with Crippen molar-refractivity contribution >= 4 is 51.9 Å². The number of anilines is 3. The molecule has 0 aliphatic carbocycles. The summed E-state index contributed by atoms with van der Waals surface area (Å²) in [5.41, 5.74) is 26.2. The summed E-state index contributed by atoms with van der Waals surface area (Å²) in [4.78, 5) is 16.2. The fraction of sp³-hybridized carbons (Fsp3) is 0.410. The highest BCUT2D eigenvalue weighted by Crippen LogP contribution is 2.51. The van der Waals surface area contributed by atoms with E-state index in [9.17, 15) is 0 Å². The molecule has 10 rings (SSSR count). The Morgan fingerprint density at radius 2 is 0.687 bits per heavy atom. The van der Waals surface area contributed by atoms with E-state index in [-0.39, 0.29) is 50.0 Å². The van der Waals surface area contributed by atoms with E-state index in [1.165, 1.54) is 104 Å². The molecule has 0 radical (unpaired) electrons. The number of fused-ring (bicyclic) bond motifs is 4. The zero-order valence-electron chi connectivity index (χ0n) is 55.0. The first kappa shape index (κ1) is 60.0. The van der Waals surface area contributed by atoms with Crippen molar-refractivity contribution in [3.8, 4) is 44.5 Å². The van der Waals surface area contributed by atoms with Gasteiger partial charge in [0.15, 0.2) is 0 Å². The number of hydrogen-bond donors (Lipinski definition) is 0. The zero-order chi connectivity index (χ0) is 60.7. The standard InChI is InChI=1S/C78H94BN3S/c1-71(2,3)53-35-49(36-54(45-53)72(4,5)6)47-31-33-59-62(39-47)82(61-29-26-30-63-69(61)79(59)60-34-32-48(40-64(60)83-63)50-37-55(73(7,8)9)46-56(38-50)74(10,11)12)70-57(51-41-65(75(13,14)15)80-66(42-51)76(16,17)18)27-25-28-58(70)52-43-67(77(19,20)21)81-68(44-52)78(22,23)24/h25-46H,1-24H3. The summed E-state index contributed by atoms with van der Waals surface area (Å²) in [6.45, 7) is 55.6. The van der Waals surface area contributed by atoms with Crippen molar-refractivity contribution in [3.63, 3.8) is 0 Å². The van der Waals surface area contributed by atoms with Crippen LogP contribution < -0.4 is 21.3 Å². The molecule has 0 fully saturated rings. The van der Waals surface area contributed by atoms with Crippen LogP contribution in [0.25, 0.3) is 44.5 Å². The van der Waals surface area contributed by atoms with E-state index in [1.807, 2.05) is 11.8 Å². The van der Waals surface area contributed by atoms with Crippen LogP contribution >= 0.6 is 11.8 Å². The fourth-order valence-electron chi connectivity index (χ4n) is 11.8. The van der Waals surface area contributed by atoms with Gasteiger partial charge in [-0.15, -0.1) is 0 Å². The second-order valence-corrected chi connectivity index (χ2v) is 33.7. The van der Waals surface area contributed by atoms with Crippen LogP contribution in [-0.4, -0.2) is 16.7 Å². The maximum absolute atomic E-state index is 5.46. The molecule has 0 N–H and O–H groups in total. The number of pyridine rings is 2. The van der Waals surface area contributed by atoms with Gasteiger partial charge in [-0.1, -0.05) is 268 Å². The Kier molecular flexibility index (Phi) is 14.6. The first-order chi connectivity index (χ1) is 38.2. The summed E-state index contributed by atoms with van der Waals surface area (Å²) in [5, 5.41) is 0. The number of para-hydroxylation sites is 1. The maximum Gasteiger partial charge on any atom is 0.249 e. The molecular formula is C78H94BN3S. The molecule has 2 aliphatic rings. The molecule has 2 aromatic heterocycles. The fourth-order valence-corrected chi connectivity index (χ4v) is 13.0. The Labute approximate surface area is 506 Å². The van der Waals surface area contributed by atoms with Gasteiger partial charge < -0.3 is 4.90 Å². The van der Waals surface area contributed by atoms with Crippen LogP contribution in [0.2, 0.25) is 0 Å². The molecule has 0 saturated carbocycles. The van der Waals surface area contributed by atoms with E-state index in [1.54, 1.807) is 0 Å². The normalized spacial score (nSPS) is 14.2. The molecule has 0 amide bonds. The molecule has 6 aromatic carbocycles. The molecule has 3 nitrogen and oxygen atoms in total. The highest BCUT2D eigenvalue weighted by atomic mass is 32.2. The SMILES string of the molecule is CC(C)(C)c1cc(-c2ccc3c(c2)Sc2cccc4c2B3c2ccc(-c3cc(C(C)(C)C)cc(C(C)(C)C)c3)cc2N4c2c(-c3cc(C(C)(C)C)nc(C(C)(C)C)c3)cccc2-c2cc(C(C)(C)C)nc(C(C)(C)C)c2)cc(C(C)(C)C)c1.